The van der Waals surface area contributed by atoms with Crippen LogP contribution in [-0.2, 0) is 81.4 Å². The normalized spacial score (nSPS) is 13.7. The number of ketones is 4. The third-order valence-corrected chi connectivity index (χ3v) is 6.50. The fraction of sp³-hybridized carbons (Fsp3) is 0. The highest BCUT2D eigenvalue weighted by atomic mass is 32.2. The van der Waals surface area contributed by atoms with Crippen molar-refractivity contribution in [1.82, 2.24) is 0 Å². The molecule has 0 saturated carbocycles. The van der Waals surface area contributed by atoms with Gasteiger partial charge in [0.25, 0.3) is 26.0 Å². The third-order valence-electron chi connectivity index (χ3n) is 3.83. The summed E-state index contributed by atoms with van der Waals surface area (Å²) in [6.07, 6.45) is 2.60. The van der Waals surface area contributed by atoms with Gasteiger partial charge in [0.1, 0.15) is 27.1 Å². The predicted molar refractivity (Wildman–Crippen MR) is 149 cm³/mol. The van der Waals surface area contributed by atoms with Gasteiger partial charge in [0.15, 0.2) is 22.2 Å². The van der Waals surface area contributed by atoms with Crippen molar-refractivity contribution in [3.63, 3.8) is 0 Å². The number of phenols is 2. The smallest absolute Gasteiger partial charge is 0.425 e. The lowest BCUT2D eigenvalue weighted by molar-refractivity contribution is -0.133. The van der Waals surface area contributed by atoms with Gasteiger partial charge in [0.2, 0.25) is 5.78 Å². The lowest BCUT2D eigenvalue weighted by atomic mass is 10.1. The number of aliphatic hydroxyl groups excluding tert-OH is 2. The first-order valence-corrected chi connectivity index (χ1v) is 17.7. The Bertz CT molecular complexity index is 2250. The van der Waals surface area contributed by atoms with Crippen molar-refractivity contribution in [2.45, 2.75) is 4.90 Å². The van der Waals surface area contributed by atoms with Gasteiger partial charge in [0.05, 0.1) is 0 Å². The maximum Gasteiger partial charge on any atom is 0.425 e. The summed E-state index contributed by atoms with van der Waals surface area (Å²) >= 11 is 0. The molecule has 0 spiro atoms. The van der Waals surface area contributed by atoms with Crippen LogP contribution in [-0.4, -0.2) is 120 Å². The molecule has 1 aromatic carbocycles. The molecule has 0 bridgehead atoms. The highest BCUT2D eigenvalue weighted by Crippen LogP contribution is 2.26. The second-order valence-electron chi connectivity index (χ2n) is 7.20. The average Bonchev–Trinajstić information content (AvgIpc) is 2.88. The van der Waals surface area contributed by atoms with Gasteiger partial charge in [-0.25, -0.2) is 0 Å². The van der Waals surface area contributed by atoms with E-state index in [0.717, 1.165) is 30.4 Å². The van der Waals surface area contributed by atoms with Crippen molar-refractivity contribution in [1.29, 1.82) is 0 Å². The molecule has 32 heteroatoms. The van der Waals surface area contributed by atoms with Crippen molar-refractivity contribution in [3.8, 4) is 11.5 Å². The monoisotopic (exact) mass is 838 g/mol. The average molecular weight is 839 g/mol. The summed E-state index contributed by atoms with van der Waals surface area (Å²) in [7, 11) is -23.3. The van der Waals surface area contributed by atoms with Gasteiger partial charge < -0.3 is 20.4 Å². The molecular formula is C18H14O26S6. The van der Waals surface area contributed by atoms with Gasteiger partial charge in [-0.15, -0.1) is 37.9 Å². The number of hydrogen-bond acceptors (Lipinski definition) is 23. The van der Waals surface area contributed by atoms with Gasteiger partial charge >= 0.3 is 41.9 Å². The van der Waals surface area contributed by atoms with E-state index in [1.165, 1.54) is 0 Å². The van der Waals surface area contributed by atoms with Crippen LogP contribution in [0.4, 0.5) is 0 Å². The molecule has 0 atom stereocenters. The minimum Gasteiger partial charge on any atom is -0.508 e. The Morgan fingerprint density at radius 3 is 1.28 bits per heavy atom. The van der Waals surface area contributed by atoms with E-state index in [1.54, 1.807) is 0 Å². The van der Waals surface area contributed by atoms with Crippen molar-refractivity contribution >= 4 is 85.3 Å². The van der Waals surface area contributed by atoms with Crippen molar-refractivity contribution < 1.29 is 116 Å². The fourth-order valence-corrected chi connectivity index (χ4v) is 4.10. The molecule has 3 rings (SSSR count). The maximum absolute atomic E-state index is 10.7. The van der Waals surface area contributed by atoms with Crippen LogP contribution in [0, 0.1) is 0 Å². The van der Waals surface area contributed by atoms with Gasteiger partial charge in [-0.3, -0.25) is 32.8 Å². The molecule has 278 valence electrons. The molecule has 2 aliphatic rings. The number of phenolic OH excluding ortho intramolecular Hbond substituents is 2. The standard InChI is InChI=1S/C6H4O7S.C6H6O5S.C6H4O5S.3O3S/c7-2-1-3(8)6(14(11,12)13)5(10)4(2)9;2*7-4-1-2-5(8)6(3-4)12(9,10)11;3*1-4(2)3/h1,8,10H,(H,11,12,13);1-3,7-8H,(H,9,10,11);1-3H,(H,9,10,11);;;. The van der Waals surface area contributed by atoms with E-state index in [2.05, 4.69) is 0 Å². The molecule has 0 saturated heterocycles. The Kier molecular flexibility index (Phi) is 20.5. The minimum atomic E-state index is -4.94. The number of benzene rings is 1. The summed E-state index contributed by atoms with van der Waals surface area (Å²) in [5.74, 6) is -7.91. The molecular weight excluding hydrogens is 825 g/mol. The van der Waals surface area contributed by atoms with Crippen LogP contribution in [0.1, 0.15) is 0 Å². The van der Waals surface area contributed by atoms with E-state index in [1.807, 2.05) is 0 Å². The lowest BCUT2D eigenvalue weighted by Crippen LogP contribution is -2.24. The number of aromatic hydroxyl groups is 2. The second kappa shape index (κ2) is 20.9. The molecule has 50 heavy (non-hydrogen) atoms. The van der Waals surface area contributed by atoms with E-state index in [9.17, 15) is 44.4 Å². The molecule has 0 unspecified atom stereocenters. The maximum atomic E-state index is 10.7. The number of hydrogen-bond donors (Lipinski definition) is 7. The van der Waals surface area contributed by atoms with Crippen LogP contribution in [0.5, 0.6) is 11.5 Å². The first kappa shape index (κ1) is 49.0. The number of Topliss-reactive ketones (excluding diaryl/α,β-unsaturated/α-hetero) is 1. The van der Waals surface area contributed by atoms with Crippen LogP contribution in [0.15, 0.2) is 68.7 Å². The highest BCUT2D eigenvalue weighted by molar-refractivity contribution is 7.91. The zero-order chi connectivity index (χ0) is 40.5. The Labute approximate surface area is 281 Å². The zero-order valence-electron chi connectivity index (χ0n) is 22.9. The van der Waals surface area contributed by atoms with Crippen LogP contribution in [0.2, 0.25) is 0 Å². The molecule has 26 nitrogen and oxygen atoms in total. The molecule has 0 aromatic heterocycles. The van der Waals surface area contributed by atoms with Gasteiger partial charge in [-0.1, -0.05) is 0 Å². The van der Waals surface area contributed by atoms with Crippen molar-refractivity contribution in [2.24, 2.45) is 0 Å². The Morgan fingerprint density at radius 1 is 0.540 bits per heavy atom. The molecule has 1 aromatic rings. The second-order valence-corrected chi connectivity index (χ2v) is 12.6. The third kappa shape index (κ3) is 21.5. The van der Waals surface area contributed by atoms with Gasteiger partial charge in [-0.05, 0) is 24.3 Å². The van der Waals surface area contributed by atoms with Crippen LogP contribution in [0.25, 0.3) is 0 Å². The predicted octanol–water partition coefficient (Wildman–Crippen LogP) is -3.96. The van der Waals surface area contributed by atoms with E-state index in [-0.39, 0.29) is 5.75 Å². The number of allylic oxidation sites excluding steroid dienone is 6. The molecule has 0 heterocycles. The summed E-state index contributed by atoms with van der Waals surface area (Å²) in [5, 5.41) is 35.5. The summed E-state index contributed by atoms with van der Waals surface area (Å²) in [6, 6.07) is 2.83. The fourth-order valence-electron chi connectivity index (χ4n) is 2.25. The van der Waals surface area contributed by atoms with E-state index in [0.29, 0.717) is 12.2 Å². The first-order valence-electron chi connectivity index (χ1n) is 10.4. The van der Waals surface area contributed by atoms with Crippen molar-refractivity contribution in [2.75, 3.05) is 0 Å². The topological polar surface area (TPSA) is 466 Å². The summed E-state index contributed by atoms with van der Waals surface area (Å²) < 4.78 is 164. The van der Waals surface area contributed by atoms with E-state index < -0.39 is 117 Å². The highest BCUT2D eigenvalue weighted by Gasteiger charge is 2.35. The molecule has 0 radical (unpaired) electrons. The molecule has 2 aliphatic carbocycles. The van der Waals surface area contributed by atoms with E-state index in [4.69, 9.17) is 72.0 Å². The van der Waals surface area contributed by atoms with Gasteiger partial charge in [-0.2, -0.15) is 25.3 Å². The largest absolute Gasteiger partial charge is 0.508 e. The Morgan fingerprint density at radius 2 is 0.960 bits per heavy atom. The van der Waals surface area contributed by atoms with Crippen LogP contribution in [0.3, 0.4) is 0 Å². The first-order chi connectivity index (χ1) is 22.3. The molecule has 0 amide bonds. The van der Waals surface area contributed by atoms with Crippen LogP contribution < -0.4 is 0 Å². The number of aliphatic hydroxyl groups is 2. The number of carbonyl (C=O) groups excluding carboxylic acids is 4. The minimum absolute atomic E-state index is 0.297. The molecule has 0 fully saturated rings. The quantitative estimate of drug-likeness (QED) is 0.0502. The van der Waals surface area contributed by atoms with Gasteiger partial charge in [0, 0.05) is 18.2 Å². The summed E-state index contributed by atoms with van der Waals surface area (Å²) in [5.41, 5.74) is 0. The molecule has 0 aliphatic heterocycles. The van der Waals surface area contributed by atoms with E-state index >= 15 is 0 Å². The van der Waals surface area contributed by atoms with Crippen molar-refractivity contribution in [3.05, 3.63) is 63.8 Å². The Hall–Kier alpha value is -5.35. The summed E-state index contributed by atoms with van der Waals surface area (Å²) in [6.45, 7) is 0. The SMILES string of the molecule is O=C1C=C(O)C(S(=O)(=O)O)=C(O)C1=O.O=C1C=CC(=O)C(S(=O)(=O)O)=C1.O=S(=O)(O)c1cc(O)ccc1O.O=S(=O)=O.O=S(=O)=O.O=S(=O)=O. The van der Waals surface area contributed by atoms with Crippen LogP contribution >= 0.6 is 0 Å². The number of rotatable bonds is 3. The summed E-state index contributed by atoms with van der Waals surface area (Å²) in [4.78, 5) is 39.7. The number of carbonyl (C=O) groups is 4. The lowest BCUT2D eigenvalue weighted by Gasteiger charge is -2.09. The Balaban J connectivity index is -0.000000572. The molecule has 7 N–H and O–H groups in total. The zero-order valence-corrected chi connectivity index (χ0v) is 27.8.